The van der Waals surface area contributed by atoms with Crippen LogP contribution in [0.15, 0.2) is 141 Å². The van der Waals surface area contributed by atoms with Gasteiger partial charge in [0.15, 0.2) is 17.5 Å². The van der Waals surface area contributed by atoms with Crippen LogP contribution < -0.4 is 0 Å². The van der Waals surface area contributed by atoms with Crippen LogP contribution in [-0.4, -0.2) is 15.0 Å². The monoisotopic (exact) mass is 463 g/mol. The zero-order valence-electron chi connectivity index (χ0n) is 19.9. The van der Waals surface area contributed by atoms with Crippen LogP contribution in [0.4, 0.5) is 0 Å². The molecule has 1 heterocycles. The number of hydrogen-bond donors (Lipinski definition) is 0. The molecule has 1 aromatic heterocycles. The standard InChI is InChI=1S/C33H25N3/c1-3-11-24(4-2)26-16-20-29(21-17-26)32-34-31(28-14-9-6-10-15-28)35-33(36-32)30-22-18-27(19-23-30)25-12-7-5-8-13-25/h3-23H,1-2H2/b24-11+. The van der Waals surface area contributed by atoms with Gasteiger partial charge in [-0.1, -0.05) is 141 Å². The van der Waals surface area contributed by atoms with E-state index in [1.807, 2.05) is 84.9 Å². The molecule has 172 valence electrons. The number of benzene rings is 4. The molecule has 0 aliphatic carbocycles. The van der Waals surface area contributed by atoms with Crippen molar-refractivity contribution >= 4 is 5.57 Å². The minimum atomic E-state index is 0.630. The van der Waals surface area contributed by atoms with Crippen molar-refractivity contribution < 1.29 is 0 Å². The highest BCUT2D eigenvalue weighted by Gasteiger charge is 2.12. The van der Waals surface area contributed by atoms with Gasteiger partial charge in [0.25, 0.3) is 0 Å². The quantitative estimate of drug-likeness (QED) is 0.228. The summed E-state index contributed by atoms with van der Waals surface area (Å²) in [5.74, 6) is 1.91. The summed E-state index contributed by atoms with van der Waals surface area (Å²) in [6.07, 6.45) is 5.53. The fourth-order valence-corrected chi connectivity index (χ4v) is 4.01. The fourth-order valence-electron chi connectivity index (χ4n) is 4.01. The Morgan fingerprint density at radius 2 is 0.861 bits per heavy atom. The number of rotatable bonds is 7. The molecule has 0 saturated carbocycles. The minimum absolute atomic E-state index is 0.630. The third kappa shape index (κ3) is 4.96. The van der Waals surface area contributed by atoms with Crippen molar-refractivity contribution in [2.45, 2.75) is 0 Å². The summed E-state index contributed by atoms with van der Waals surface area (Å²) in [5.41, 5.74) is 7.20. The fraction of sp³-hybridized carbons (Fsp3) is 0. The van der Waals surface area contributed by atoms with Crippen LogP contribution >= 0.6 is 0 Å². The van der Waals surface area contributed by atoms with Gasteiger partial charge in [0.05, 0.1) is 0 Å². The predicted molar refractivity (Wildman–Crippen MR) is 150 cm³/mol. The maximum absolute atomic E-state index is 4.86. The van der Waals surface area contributed by atoms with Crippen LogP contribution in [0.2, 0.25) is 0 Å². The minimum Gasteiger partial charge on any atom is -0.208 e. The molecule has 4 aromatic carbocycles. The average Bonchev–Trinajstić information content (AvgIpc) is 2.97. The largest absolute Gasteiger partial charge is 0.208 e. The van der Waals surface area contributed by atoms with Crippen molar-refractivity contribution in [3.8, 4) is 45.3 Å². The highest BCUT2D eigenvalue weighted by molar-refractivity contribution is 5.76. The summed E-state index contributed by atoms with van der Waals surface area (Å²) in [6.45, 7) is 7.69. The lowest BCUT2D eigenvalue weighted by atomic mass is 10.0. The highest BCUT2D eigenvalue weighted by Crippen LogP contribution is 2.28. The second-order valence-corrected chi connectivity index (χ2v) is 8.25. The molecule has 0 bridgehead atoms. The highest BCUT2D eigenvalue weighted by atomic mass is 15.0. The molecule has 5 rings (SSSR count). The number of allylic oxidation sites excluding steroid dienone is 4. The number of hydrogen-bond acceptors (Lipinski definition) is 3. The van der Waals surface area contributed by atoms with E-state index >= 15 is 0 Å². The van der Waals surface area contributed by atoms with E-state index in [1.54, 1.807) is 6.08 Å². The molecule has 0 N–H and O–H groups in total. The lowest BCUT2D eigenvalue weighted by molar-refractivity contribution is 1.07. The van der Waals surface area contributed by atoms with Crippen molar-refractivity contribution in [1.82, 2.24) is 15.0 Å². The topological polar surface area (TPSA) is 38.7 Å². The van der Waals surface area contributed by atoms with Gasteiger partial charge >= 0.3 is 0 Å². The lowest BCUT2D eigenvalue weighted by Crippen LogP contribution is -2.00. The number of aromatic nitrogens is 3. The van der Waals surface area contributed by atoms with Gasteiger partial charge in [-0.05, 0) is 22.3 Å². The third-order valence-corrected chi connectivity index (χ3v) is 5.91. The Kier molecular flexibility index (Phi) is 6.72. The van der Waals surface area contributed by atoms with Crippen LogP contribution in [-0.2, 0) is 0 Å². The summed E-state index contributed by atoms with van der Waals surface area (Å²) in [7, 11) is 0. The molecule has 0 saturated heterocycles. The molecule has 0 atom stereocenters. The summed E-state index contributed by atoms with van der Waals surface area (Å²) >= 11 is 0. The molecule has 3 heteroatoms. The van der Waals surface area contributed by atoms with Crippen LogP contribution in [0.3, 0.4) is 0 Å². The van der Waals surface area contributed by atoms with E-state index in [-0.39, 0.29) is 0 Å². The van der Waals surface area contributed by atoms with Gasteiger partial charge in [0.2, 0.25) is 0 Å². The third-order valence-electron chi connectivity index (χ3n) is 5.91. The van der Waals surface area contributed by atoms with Crippen LogP contribution in [0.5, 0.6) is 0 Å². The van der Waals surface area contributed by atoms with E-state index in [9.17, 15) is 0 Å². The summed E-state index contributed by atoms with van der Waals surface area (Å²) in [4.78, 5) is 14.5. The van der Waals surface area contributed by atoms with Crippen molar-refractivity contribution in [2.24, 2.45) is 0 Å². The van der Waals surface area contributed by atoms with Crippen LogP contribution in [0, 0.1) is 0 Å². The maximum atomic E-state index is 4.86. The van der Waals surface area contributed by atoms with Gasteiger partial charge in [0, 0.05) is 16.7 Å². The van der Waals surface area contributed by atoms with Gasteiger partial charge in [-0.3, -0.25) is 0 Å². The van der Waals surface area contributed by atoms with E-state index in [2.05, 4.69) is 49.6 Å². The van der Waals surface area contributed by atoms with E-state index in [0.29, 0.717) is 17.5 Å². The molecule has 0 unspecified atom stereocenters. The Balaban J connectivity index is 1.57. The molecule has 36 heavy (non-hydrogen) atoms. The predicted octanol–water partition coefficient (Wildman–Crippen LogP) is 8.30. The first kappa shape index (κ1) is 22.9. The zero-order valence-corrected chi connectivity index (χ0v) is 19.9. The average molecular weight is 464 g/mol. The summed E-state index contributed by atoms with van der Waals surface area (Å²) < 4.78 is 0. The molecular weight excluding hydrogens is 438 g/mol. The molecule has 0 aliphatic rings. The summed E-state index contributed by atoms with van der Waals surface area (Å²) in [6, 6.07) is 36.8. The Morgan fingerprint density at radius 1 is 0.472 bits per heavy atom. The first-order valence-electron chi connectivity index (χ1n) is 11.8. The zero-order chi connectivity index (χ0) is 24.7. The SMILES string of the molecule is C=C/C=C(\C=C)c1ccc(-c2nc(-c3ccccc3)nc(-c3ccc(-c4ccccc4)cc3)n2)cc1. The molecule has 0 aliphatic heterocycles. The van der Waals surface area contributed by atoms with Gasteiger partial charge in [0.1, 0.15) is 0 Å². The van der Waals surface area contributed by atoms with Crippen LogP contribution in [0.1, 0.15) is 5.56 Å². The van der Waals surface area contributed by atoms with Gasteiger partial charge < -0.3 is 0 Å². The lowest BCUT2D eigenvalue weighted by Gasteiger charge is -2.10. The molecule has 3 nitrogen and oxygen atoms in total. The maximum Gasteiger partial charge on any atom is 0.164 e. The first-order valence-corrected chi connectivity index (χ1v) is 11.8. The summed E-state index contributed by atoms with van der Waals surface area (Å²) in [5, 5.41) is 0. The van der Waals surface area contributed by atoms with Crippen molar-refractivity contribution in [3.63, 3.8) is 0 Å². The van der Waals surface area contributed by atoms with Crippen molar-refractivity contribution in [1.29, 1.82) is 0 Å². The van der Waals surface area contributed by atoms with E-state index in [0.717, 1.165) is 33.4 Å². The normalized spacial score (nSPS) is 11.2. The van der Waals surface area contributed by atoms with Crippen molar-refractivity contribution in [3.05, 3.63) is 146 Å². The molecular formula is C33H25N3. The molecule has 0 fully saturated rings. The van der Waals surface area contributed by atoms with Gasteiger partial charge in [-0.15, -0.1) is 0 Å². The smallest absolute Gasteiger partial charge is 0.164 e. The molecule has 5 aromatic rings. The van der Waals surface area contributed by atoms with E-state index < -0.39 is 0 Å². The Labute approximate surface area is 211 Å². The Bertz CT molecular complexity index is 1520. The number of nitrogens with zero attached hydrogens (tertiary/aromatic N) is 3. The Morgan fingerprint density at radius 3 is 1.33 bits per heavy atom. The van der Waals surface area contributed by atoms with E-state index in [1.165, 1.54) is 5.56 Å². The Hall–Kier alpha value is -4.89. The van der Waals surface area contributed by atoms with E-state index in [4.69, 9.17) is 15.0 Å². The van der Waals surface area contributed by atoms with Gasteiger partial charge in [-0.2, -0.15) is 0 Å². The molecule has 0 radical (unpaired) electrons. The first-order chi connectivity index (χ1) is 17.7. The molecule has 0 spiro atoms. The van der Waals surface area contributed by atoms with Gasteiger partial charge in [-0.25, -0.2) is 15.0 Å². The molecule has 0 amide bonds. The second-order valence-electron chi connectivity index (χ2n) is 8.25. The second kappa shape index (κ2) is 10.6. The van der Waals surface area contributed by atoms with Crippen molar-refractivity contribution in [2.75, 3.05) is 0 Å². The van der Waals surface area contributed by atoms with Crippen LogP contribution in [0.25, 0.3) is 50.9 Å².